The van der Waals surface area contributed by atoms with Gasteiger partial charge in [0.05, 0.1) is 25.1 Å². The summed E-state index contributed by atoms with van der Waals surface area (Å²) in [7, 11) is 3.13. The normalized spacial score (nSPS) is 11.1. The Morgan fingerprint density at radius 3 is 2.23 bits per heavy atom. The molecule has 1 amide bonds. The van der Waals surface area contributed by atoms with Crippen molar-refractivity contribution in [3.05, 3.63) is 72.6 Å². The topological polar surface area (TPSA) is 91.8 Å². The van der Waals surface area contributed by atoms with Crippen molar-refractivity contribution in [1.82, 2.24) is 9.97 Å². The Kier molecular flexibility index (Phi) is 6.73. The molecule has 8 nitrogen and oxygen atoms in total. The lowest BCUT2D eigenvalue weighted by Gasteiger charge is -2.22. The Labute approximate surface area is 203 Å². The van der Waals surface area contributed by atoms with Gasteiger partial charge in [-0.25, -0.2) is 14.8 Å². The summed E-state index contributed by atoms with van der Waals surface area (Å²) in [6.45, 7) is 6.21. The van der Waals surface area contributed by atoms with Gasteiger partial charge in [0, 0.05) is 17.3 Å². The molecule has 0 spiro atoms. The molecule has 0 aliphatic carbocycles. The van der Waals surface area contributed by atoms with Gasteiger partial charge in [-0.1, -0.05) is 39.0 Å². The third-order valence-electron chi connectivity index (χ3n) is 5.32. The second kappa shape index (κ2) is 9.89. The third-order valence-corrected chi connectivity index (χ3v) is 5.32. The van der Waals surface area contributed by atoms with Crippen LogP contribution in [0.15, 0.2) is 67.0 Å². The molecule has 35 heavy (non-hydrogen) atoms. The molecule has 1 aromatic heterocycles. The Morgan fingerprint density at radius 1 is 0.857 bits per heavy atom. The largest absolute Gasteiger partial charge is 0.493 e. The summed E-state index contributed by atoms with van der Waals surface area (Å²) in [6.07, 6.45) is 0.850. The highest BCUT2D eigenvalue weighted by Crippen LogP contribution is 2.36. The molecule has 180 valence electrons. The smallest absolute Gasteiger partial charge is 0.417 e. The number of benzene rings is 3. The molecule has 8 heteroatoms. The fourth-order valence-corrected chi connectivity index (χ4v) is 3.58. The van der Waals surface area contributed by atoms with Gasteiger partial charge in [-0.2, -0.15) is 0 Å². The molecule has 0 fully saturated rings. The number of aromatic nitrogens is 2. The number of methoxy groups -OCH3 is 2. The SMILES string of the molecule is COc1cc2ncnc(Oc3ccc(NC(=O)Oc4ccccc4C(C)(C)C)cc3)c2cc1OC. The highest BCUT2D eigenvalue weighted by atomic mass is 16.6. The number of para-hydroxylation sites is 1. The van der Waals surface area contributed by atoms with E-state index in [9.17, 15) is 4.79 Å². The first-order valence-electron chi connectivity index (χ1n) is 11.0. The van der Waals surface area contributed by atoms with E-state index in [1.165, 1.54) is 6.33 Å². The van der Waals surface area contributed by atoms with Gasteiger partial charge in [-0.15, -0.1) is 0 Å². The first-order valence-corrected chi connectivity index (χ1v) is 11.0. The lowest BCUT2D eigenvalue weighted by atomic mass is 9.86. The Hall–Kier alpha value is -4.33. The van der Waals surface area contributed by atoms with E-state index >= 15 is 0 Å². The molecule has 0 radical (unpaired) electrons. The predicted molar refractivity (Wildman–Crippen MR) is 134 cm³/mol. The number of rotatable bonds is 6. The van der Waals surface area contributed by atoms with Gasteiger partial charge in [0.25, 0.3) is 0 Å². The van der Waals surface area contributed by atoms with E-state index in [2.05, 4.69) is 36.1 Å². The second-order valence-electron chi connectivity index (χ2n) is 8.79. The minimum atomic E-state index is -0.571. The molecular weight excluding hydrogens is 446 g/mol. The molecule has 4 aromatic rings. The van der Waals surface area contributed by atoms with Crippen LogP contribution in [0.4, 0.5) is 10.5 Å². The molecule has 0 bridgehead atoms. The minimum Gasteiger partial charge on any atom is -0.493 e. The zero-order valence-electron chi connectivity index (χ0n) is 20.3. The Morgan fingerprint density at radius 2 is 1.54 bits per heavy atom. The number of ether oxygens (including phenoxy) is 4. The van der Waals surface area contributed by atoms with Crippen LogP contribution in [0.3, 0.4) is 0 Å². The van der Waals surface area contributed by atoms with E-state index in [0.29, 0.717) is 45.5 Å². The van der Waals surface area contributed by atoms with Crippen molar-refractivity contribution in [3.63, 3.8) is 0 Å². The van der Waals surface area contributed by atoms with Crippen molar-refractivity contribution in [3.8, 4) is 28.9 Å². The van der Waals surface area contributed by atoms with Crippen molar-refractivity contribution in [2.45, 2.75) is 26.2 Å². The summed E-state index contributed by atoms with van der Waals surface area (Å²) in [5.74, 6) is 2.55. The van der Waals surface area contributed by atoms with E-state index in [1.54, 1.807) is 56.7 Å². The van der Waals surface area contributed by atoms with Crippen LogP contribution in [0.2, 0.25) is 0 Å². The molecule has 4 rings (SSSR count). The molecular formula is C27H27N3O5. The van der Waals surface area contributed by atoms with Gasteiger partial charge in [0.15, 0.2) is 11.5 Å². The molecule has 0 aliphatic rings. The minimum absolute atomic E-state index is 0.157. The summed E-state index contributed by atoms with van der Waals surface area (Å²) in [5.41, 5.74) is 2.01. The number of nitrogens with one attached hydrogen (secondary N) is 1. The first kappa shape index (κ1) is 23.8. The molecule has 3 aromatic carbocycles. The van der Waals surface area contributed by atoms with Gasteiger partial charge < -0.3 is 18.9 Å². The van der Waals surface area contributed by atoms with E-state index in [0.717, 1.165) is 5.56 Å². The van der Waals surface area contributed by atoms with Crippen molar-refractivity contribution in [2.24, 2.45) is 0 Å². The first-order chi connectivity index (χ1) is 16.8. The average Bonchev–Trinajstić information content (AvgIpc) is 2.84. The van der Waals surface area contributed by atoms with Crippen LogP contribution >= 0.6 is 0 Å². The van der Waals surface area contributed by atoms with Crippen LogP contribution in [0.1, 0.15) is 26.3 Å². The van der Waals surface area contributed by atoms with Gasteiger partial charge in [-0.05, 0) is 41.8 Å². The zero-order valence-corrected chi connectivity index (χ0v) is 20.3. The van der Waals surface area contributed by atoms with Crippen LogP contribution in [0.5, 0.6) is 28.9 Å². The van der Waals surface area contributed by atoms with Crippen LogP contribution in [0, 0.1) is 0 Å². The summed E-state index contributed by atoms with van der Waals surface area (Å²) < 4.78 is 22.3. The highest BCUT2D eigenvalue weighted by Gasteiger charge is 2.20. The Balaban J connectivity index is 1.48. The number of anilines is 1. The van der Waals surface area contributed by atoms with Gasteiger partial charge >= 0.3 is 6.09 Å². The summed E-state index contributed by atoms with van der Waals surface area (Å²) in [6, 6.07) is 17.9. The number of carbonyl (C=O) groups excluding carboxylic acids is 1. The van der Waals surface area contributed by atoms with Crippen LogP contribution < -0.4 is 24.3 Å². The van der Waals surface area contributed by atoms with E-state index in [4.69, 9.17) is 18.9 Å². The molecule has 0 atom stereocenters. The van der Waals surface area contributed by atoms with Crippen molar-refractivity contribution in [1.29, 1.82) is 0 Å². The maximum Gasteiger partial charge on any atom is 0.417 e. The number of hydrogen-bond donors (Lipinski definition) is 1. The van der Waals surface area contributed by atoms with Crippen molar-refractivity contribution in [2.75, 3.05) is 19.5 Å². The second-order valence-corrected chi connectivity index (χ2v) is 8.79. The third kappa shape index (κ3) is 5.43. The summed E-state index contributed by atoms with van der Waals surface area (Å²) in [4.78, 5) is 21.0. The van der Waals surface area contributed by atoms with Crippen LogP contribution in [-0.2, 0) is 5.41 Å². The van der Waals surface area contributed by atoms with Crippen LogP contribution in [-0.4, -0.2) is 30.3 Å². The molecule has 0 unspecified atom stereocenters. The standard InChI is InChI=1S/C27H27N3O5/c1-27(2,3)20-8-6-7-9-22(20)35-26(31)30-17-10-12-18(13-11-17)34-25-19-14-23(32-4)24(33-5)15-21(19)28-16-29-25/h6-16H,1-5H3,(H,30,31). The zero-order chi connectivity index (χ0) is 25.0. The number of carbonyl (C=O) groups is 1. The van der Waals surface area contributed by atoms with Crippen molar-refractivity contribution >= 4 is 22.7 Å². The molecule has 0 saturated heterocycles. The number of fused-ring (bicyclic) bond motifs is 1. The monoisotopic (exact) mass is 473 g/mol. The van der Waals surface area contributed by atoms with Gasteiger partial charge in [-0.3, -0.25) is 5.32 Å². The summed E-state index contributed by atoms with van der Waals surface area (Å²) >= 11 is 0. The maximum absolute atomic E-state index is 12.5. The lowest BCUT2D eigenvalue weighted by Crippen LogP contribution is -2.20. The number of amides is 1. The number of nitrogens with zero attached hydrogens (tertiary/aromatic N) is 2. The highest BCUT2D eigenvalue weighted by molar-refractivity contribution is 5.87. The molecule has 1 N–H and O–H groups in total. The molecule has 0 saturated carbocycles. The predicted octanol–water partition coefficient (Wildman–Crippen LogP) is 6.35. The molecule has 1 heterocycles. The van der Waals surface area contributed by atoms with Crippen molar-refractivity contribution < 1.29 is 23.7 Å². The quantitative estimate of drug-likeness (QED) is 0.349. The van der Waals surface area contributed by atoms with Crippen LogP contribution in [0.25, 0.3) is 10.9 Å². The summed E-state index contributed by atoms with van der Waals surface area (Å²) in [5, 5.41) is 3.42. The van der Waals surface area contributed by atoms with E-state index in [-0.39, 0.29) is 5.41 Å². The van der Waals surface area contributed by atoms with E-state index < -0.39 is 6.09 Å². The Bertz CT molecular complexity index is 1350. The maximum atomic E-state index is 12.5. The van der Waals surface area contributed by atoms with E-state index in [1.807, 2.05) is 18.2 Å². The average molecular weight is 474 g/mol. The van der Waals surface area contributed by atoms with Gasteiger partial charge in [0.1, 0.15) is 17.8 Å². The fraction of sp³-hybridized carbons (Fsp3) is 0.222. The lowest BCUT2D eigenvalue weighted by molar-refractivity contribution is 0.214. The fourth-order valence-electron chi connectivity index (χ4n) is 3.58. The molecule has 0 aliphatic heterocycles. The van der Waals surface area contributed by atoms with Gasteiger partial charge in [0.2, 0.25) is 5.88 Å². The number of hydrogen-bond acceptors (Lipinski definition) is 7.